The highest BCUT2D eigenvalue weighted by atomic mass is 79.9. The molecule has 1 aromatic rings. The van der Waals surface area contributed by atoms with Crippen molar-refractivity contribution >= 4 is 28.6 Å². The molecule has 0 spiro atoms. The van der Waals surface area contributed by atoms with Crippen LogP contribution in [-0.2, 0) is 5.41 Å². The molecule has 0 radical (unpaired) electrons. The van der Waals surface area contributed by atoms with E-state index in [9.17, 15) is 0 Å². The van der Waals surface area contributed by atoms with Crippen molar-refractivity contribution in [2.75, 3.05) is 18.8 Å². The van der Waals surface area contributed by atoms with E-state index in [2.05, 4.69) is 72.0 Å². The third-order valence-electron chi connectivity index (χ3n) is 2.48. The third kappa shape index (κ3) is 4.17. The van der Waals surface area contributed by atoms with Gasteiger partial charge < -0.3 is 5.32 Å². The van der Waals surface area contributed by atoms with Gasteiger partial charge in [-0.1, -0.05) is 41.9 Å². The van der Waals surface area contributed by atoms with Gasteiger partial charge in [0.15, 0.2) is 0 Å². The number of nitrogens with one attached hydrogen (secondary N) is 1. The lowest BCUT2D eigenvalue weighted by Crippen LogP contribution is -2.33. The van der Waals surface area contributed by atoms with Crippen LogP contribution in [0.5, 0.6) is 0 Å². The van der Waals surface area contributed by atoms with Crippen molar-refractivity contribution in [2.24, 2.45) is 0 Å². The average Bonchev–Trinajstić information content (AvgIpc) is 2.18. The molecule has 0 aliphatic carbocycles. The Morgan fingerprint density at radius 1 is 1.27 bits per heavy atom. The molecule has 0 aromatic heterocycles. The fourth-order valence-electron chi connectivity index (χ4n) is 1.48. The first kappa shape index (κ1) is 13.1. The van der Waals surface area contributed by atoms with Gasteiger partial charge in [0, 0.05) is 28.7 Å². The van der Waals surface area contributed by atoms with Crippen molar-refractivity contribution in [1.82, 2.24) is 5.32 Å². The zero-order valence-electron chi connectivity index (χ0n) is 9.26. The van der Waals surface area contributed by atoms with Gasteiger partial charge in [-0.15, -0.1) is 0 Å². The number of halogens is 1. The molecule has 0 saturated heterocycles. The first-order chi connectivity index (χ1) is 7.06. The molecule has 0 aliphatic heterocycles. The van der Waals surface area contributed by atoms with Crippen LogP contribution in [0.2, 0.25) is 0 Å². The summed E-state index contributed by atoms with van der Waals surface area (Å²) in [4.78, 5) is 0. The summed E-state index contributed by atoms with van der Waals surface area (Å²) in [7, 11) is 0. The Morgan fingerprint density at radius 2 is 1.87 bits per heavy atom. The quantitative estimate of drug-likeness (QED) is 0.626. The summed E-state index contributed by atoms with van der Waals surface area (Å²) < 4.78 is 1.13. The molecule has 0 bridgehead atoms. The maximum Gasteiger partial charge on any atom is 0.0175 e. The number of rotatable bonds is 5. The summed E-state index contributed by atoms with van der Waals surface area (Å²) in [6, 6.07) is 8.53. The number of benzene rings is 1. The van der Waals surface area contributed by atoms with Crippen LogP contribution in [0.3, 0.4) is 0 Å². The first-order valence-electron chi connectivity index (χ1n) is 5.14. The summed E-state index contributed by atoms with van der Waals surface area (Å²) >= 11 is 7.63. The molecule has 0 aliphatic rings. The topological polar surface area (TPSA) is 12.0 Å². The molecule has 0 saturated carbocycles. The van der Waals surface area contributed by atoms with E-state index in [0.717, 1.165) is 23.3 Å². The second-order valence-electron chi connectivity index (χ2n) is 4.29. The van der Waals surface area contributed by atoms with E-state index < -0.39 is 0 Å². The van der Waals surface area contributed by atoms with Crippen LogP contribution in [0.15, 0.2) is 28.7 Å². The Labute approximate surface area is 106 Å². The first-order valence-corrected chi connectivity index (χ1v) is 6.56. The van der Waals surface area contributed by atoms with E-state index in [0.29, 0.717) is 0 Å². The van der Waals surface area contributed by atoms with Crippen molar-refractivity contribution in [3.63, 3.8) is 0 Å². The standard InChI is InChI=1S/C12H18BrNS/c1-12(2,9-14-7-8-15)10-3-5-11(13)6-4-10/h3-6,14-15H,7-9H2,1-2H3. The monoisotopic (exact) mass is 287 g/mol. The Bertz CT molecular complexity index is 295. The largest absolute Gasteiger partial charge is 0.315 e. The normalized spacial score (nSPS) is 11.7. The fraction of sp³-hybridized carbons (Fsp3) is 0.500. The van der Waals surface area contributed by atoms with Crippen LogP contribution in [-0.4, -0.2) is 18.8 Å². The van der Waals surface area contributed by atoms with Crippen molar-refractivity contribution in [2.45, 2.75) is 19.3 Å². The zero-order valence-corrected chi connectivity index (χ0v) is 11.7. The highest BCUT2D eigenvalue weighted by Gasteiger charge is 2.19. The van der Waals surface area contributed by atoms with Crippen molar-refractivity contribution < 1.29 is 0 Å². The average molecular weight is 288 g/mol. The van der Waals surface area contributed by atoms with Crippen LogP contribution < -0.4 is 5.32 Å². The number of hydrogen-bond acceptors (Lipinski definition) is 2. The summed E-state index contributed by atoms with van der Waals surface area (Å²) in [6.07, 6.45) is 0. The minimum atomic E-state index is 0.170. The van der Waals surface area contributed by atoms with Gasteiger partial charge in [-0.05, 0) is 17.7 Å². The van der Waals surface area contributed by atoms with E-state index in [4.69, 9.17) is 0 Å². The van der Waals surface area contributed by atoms with Gasteiger partial charge >= 0.3 is 0 Å². The number of thiol groups is 1. The van der Waals surface area contributed by atoms with E-state index in [1.165, 1.54) is 5.56 Å². The lowest BCUT2D eigenvalue weighted by molar-refractivity contribution is 0.479. The zero-order chi connectivity index (χ0) is 11.3. The van der Waals surface area contributed by atoms with Gasteiger partial charge in [-0.2, -0.15) is 12.6 Å². The Hall–Kier alpha value is 0.01000. The van der Waals surface area contributed by atoms with Gasteiger partial charge in [-0.3, -0.25) is 0 Å². The predicted octanol–water partition coefficient (Wildman–Crippen LogP) is 3.25. The molecule has 0 fully saturated rings. The summed E-state index contributed by atoms with van der Waals surface area (Å²) in [5, 5.41) is 3.40. The molecule has 0 amide bonds. The Kier molecular flexibility index (Phi) is 5.16. The maximum absolute atomic E-state index is 4.18. The molecule has 1 nitrogen and oxygen atoms in total. The van der Waals surface area contributed by atoms with E-state index in [1.807, 2.05) is 0 Å². The molecule has 84 valence electrons. The van der Waals surface area contributed by atoms with Crippen LogP contribution in [0.25, 0.3) is 0 Å². The van der Waals surface area contributed by atoms with Crippen LogP contribution in [0, 0.1) is 0 Å². The molecule has 1 aromatic carbocycles. The van der Waals surface area contributed by atoms with Gasteiger partial charge in [0.25, 0.3) is 0 Å². The molecule has 1 N–H and O–H groups in total. The second-order valence-corrected chi connectivity index (χ2v) is 5.65. The molecular formula is C12H18BrNS. The Morgan fingerprint density at radius 3 is 2.40 bits per heavy atom. The molecule has 15 heavy (non-hydrogen) atoms. The number of hydrogen-bond donors (Lipinski definition) is 2. The lowest BCUT2D eigenvalue weighted by Gasteiger charge is -2.25. The molecule has 0 heterocycles. The predicted molar refractivity (Wildman–Crippen MR) is 73.9 cm³/mol. The minimum absolute atomic E-state index is 0.170. The lowest BCUT2D eigenvalue weighted by atomic mass is 9.85. The maximum atomic E-state index is 4.18. The van der Waals surface area contributed by atoms with Crippen molar-refractivity contribution in [1.29, 1.82) is 0 Å². The SMILES string of the molecule is CC(C)(CNCCS)c1ccc(Br)cc1. The van der Waals surface area contributed by atoms with E-state index >= 15 is 0 Å². The summed E-state index contributed by atoms with van der Waals surface area (Å²) in [5.41, 5.74) is 1.53. The van der Waals surface area contributed by atoms with Gasteiger partial charge in [0.05, 0.1) is 0 Å². The van der Waals surface area contributed by atoms with Crippen LogP contribution >= 0.6 is 28.6 Å². The van der Waals surface area contributed by atoms with Crippen LogP contribution in [0.1, 0.15) is 19.4 Å². The Balaban J connectivity index is 2.63. The third-order valence-corrected chi connectivity index (χ3v) is 3.23. The molecule has 1 rings (SSSR count). The minimum Gasteiger partial charge on any atom is -0.315 e. The molecule has 3 heteroatoms. The van der Waals surface area contributed by atoms with Crippen molar-refractivity contribution in [3.05, 3.63) is 34.3 Å². The fourth-order valence-corrected chi connectivity index (χ4v) is 1.91. The van der Waals surface area contributed by atoms with Crippen molar-refractivity contribution in [3.8, 4) is 0 Å². The smallest absolute Gasteiger partial charge is 0.0175 e. The summed E-state index contributed by atoms with van der Waals surface area (Å²) in [5.74, 6) is 0.885. The highest BCUT2D eigenvalue weighted by Crippen LogP contribution is 2.23. The van der Waals surface area contributed by atoms with E-state index in [-0.39, 0.29) is 5.41 Å². The molecule has 0 unspecified atom stereocenters. The summed E-state index contributed by atoms with van der Waals surface area (Å²) in [6.45, 7) is 6.45. The molecule has 0 atom stereocenters. The van der Waals surface area contributed by atoms with Gasteiger partial charge in [0.1, 0.15) is 0 Å². The second kappa shape index (κ2) is 5.92. The highest BCUT2D eigenvalue weighted by molar-refractivity contribution is 9.10. The molecular weight excluding hydrogens is 270 g/mol. The van der Waals surface area contributed by atoms with Gasteiger partial charge in [-0.25, -0.2) is 0 Å². The van der Waals surface area contributed by atoms with Gasteiger partial charge in [0.2, 0.25) is 0 Å². The van der Waals surface area contributed by atoms with E-state index in [1.54, 1.807) is 0 Å². The van der Waals surface area contributed by atoms with Crippen LogP contribution in [0.4, 0.5) is 0 Å².